The molecule has 238 valence electrons. The van der Waals surface area contributed by atoms with E-state index in [1.165, 1.54) is 101 Å². The van der Waals surface area contributed by atoms with E-state index in [0.29, 0.717) is 19.4 Å². The molecule has 0 aromatic carbocycles. The lowest BCUT2D eigenvalue weighted by molar-refractivity contribution is -0.921. The van der Waals surface area contributed by atoms with Crippen molar-refractivity contribution in [2.75, 3.05) is 45.2 Å². The van der Waals surface area contributed by atoms with Crippen LogP contribution in [-0.2, 0) is 14.3 Å². The Morgan fingerprint density at radius 2 is 0.821 bits per heavy atom. The Kier molecular flexibility index (Phi) is 32.3. The summed E-state index contributed by atoms with van der Waals surface area (Å²) >= 11 is 0. The van der Waals surface area contributed by atoms with E-state index >= 15 is 0 Å². The number of hydrogen-bond acceptors (Lipinski definition) is 3. The summed E-state index contributed by atoms with van der Waals surface area (Å²) in [6.45, 7) is 16.6. The molecule has 0 unspecified atom stereocenters. The van der Waals surface area contributed by atoms with Crippen LogP contribution in [0.1, 0.15) is 169 Å². The molecule has 0 heterocycles. The Bertz CT molecular complexity index is 550. The Labute approximate surface area is 246 Å². The largest absolute Gasteiger partial charge is 0.325 e. The molecule has 0 saturated heterocycles. The standard InChI is InChI=1S/C25H51FO3S.C8H20N/c1-2-3-4-5-6-7-8-9-10-12-15-18-21-24-29-30(27,28)25-22-19-16-13-11-14-17-20-23-26;1-5-9(6-2,7-3)8-4/h2-25H2,1H3;5-8H2,1-4H3/q;+1. The maximum absolute atomic E-state index is 12.0. The normalized spacial score (nSPS) is 11.9. The predicted molar refractivity (Wildman–Crippen MR) is 171 cm³/mol. The van der Waals surface area contributed by atoms with Gasteiger partial charge in [0.2, 0.25) is 0 Å². The highest BCUT2D eigenvalue weighted by Gasteiger charge is 2.16. The highest BCUT2D eigenvalue weighted by Crippen LogP contribution is 2.13. The van der Waals surface area contributed by atoms with Gasteiger partial charge in [-0.05, 0) is 47.0 Å². The van der Waals surface area contributed by atoms with Crippen molar-refractivity contribution >= 4 is 10.1 Å². The fourth-order valence-electron chi connectivity index (χ4n) is 5.14. The maximum Gasteiger partial charge on any atom is 0.267 e. The molecule has 0 bridgehead atoms. The molecule has 0 aliphatic rings. The molecule has 39 heavy (non-hydrogen) atoms. The van der Waals surface area contributed by atoms with Crippen molar-refractivity contribution in [2.24, 2.45) is 0 Å². The summed E-state index contributed by atoms with van der Waals surface area (Å²) in [4.78, 5) is 0. The first-order chi connectivity index (χ1) is 18.9. The predicted octanol–water partition coefficient (Wildman–Crippen LogP) is 10.4. The van der Waals surface area contributed by atoms with E-state index in [1.807, 2.05) is 0 Å². The molecule has 6 heteroatoms. The van der Waals surface area contributed by atoms with Crippen LogP contribution in [0.25, 0.3) is 0 Å². The van der Waals surface area contributed by atoms with Crippen molar-refractivity contribution in [3.05, 3.63) is 0 Å². The molecule has 0 rings (SSSR count). The molecule has 0 aromatic rings. The van der Waals surface area contributed by atoms with Gasteiger partial charge in [-0.2, -0.15) is 8.42 Å². The molecule has 0 aliphatic heterocycles. The van der Waals surface area contributed by atoms with Gasteiger partial charge >= 0.3 is 0 Å². The molecule has 0 N–H and O–H groups in total. The molecule has 0 fully saturated rings. The third-order valence-corrected chi connectivity index (χ3v) is 9.79. The zero-order valence-corrected chi connectivity index (χ0v) is 28.1. The summed E-state index contributed by atoms with van der Waals surface area (Å²) in [6, 6.07) is 0. The minimum Gasteiger partial charge on any atom is -0.325 e. The van der Waals surface area contributed by atoms with Gasteiger partial charge < -0.3 is 4.48 Å². The molecule has 0 aliphatic carbocycles. The Morgan fingerprint density at radius 1 is 0.487 bits per heavy atom. The molecule has 0 amide bonds. The van der Waals surface area contributed by atoms with Gasteiger partial charge in [-0.3, -0.25) is 8.57 Å². The van der Waals surface area contributed by atoms with Gasteiger partial charge in [0, 0.05) is 0 Å². The van der Waals surface area contributed by atoms with Gasteiger partial charge in [-0.25, -0.2) is 0 Å². The number of nitrogens with zero attached hydrogens (tertiary/aromatic N) is 1. The van der Waals surface area contributed by atoms with Crippen molar-refractivity contribution in [3.8, 4) is 0 Å². The Morgan fingerprint density at radius 3 is 1.15 bits per heavy atom. The third kappa shape index (κ3) is 29.1. The average molecular weight is 581 g/mol. The fourth-order valence-corrected chi connectivity index (χ4v) is 6.19. The first-order valence-corrected chi connectivity index (χ1v) is 18.7. The van der Waals surface area contributed by atoms with Gasteiger partial charge in [0.05, 0.1) is 45.2 Å². The van der Waals surface area contributed by atoms with Gasteiger partial charge in [-0.1, -0.05) is 122 Å². The number of quaternary nitrogens is 1. The van der Waals surface area contributed by atoms with Gasteiger partial charge in [0.15, 0.2) is 0 Å². The van der Waals surface area contributed by atoms with Gasteiger partial charge in [-0.15, -0.1) is 0 Å². The summed E-state index contributed by atoms with van der Waals surface area (Å²) in [7, 11) is -3.34. The highest BCUT2D eigenvalue weighted by molar-refractivity contribution is 7.86. The first kappa shape index (κ1) is 40.9. The van der Waals surface area contributed by atoms with Crippen LogP contribution < -0.4 is 0 Å². The van der Waals surface area contributed by atoms with Crippen molar-refractivity contribution in [2.45, 2.75) is 169 Å². The summed E-state index contributed by atoms with van der Waals surface area (Å²) in [5, 5.41) is 0. The Balaban J connectivity index is 0. The van der Waals surface area contributed by atoms with Crippen LogP contribution in [0, 0.1) is 0 Å². The van der Waals surface area contributed by atoms with Crippen LogP contribution in [-0.4, -0.2) is 58.1 Å². The second-order valence-corrected chi connectivity index (χ2v) is 13.2. The summed E-state index contributed by atoms with van der Waals surface area (Å²) in [5.74, 6) is 0.146. The number of rotatable bonds is 29. The van der Waals surface area contributed by atoms with E-state index in [-0.39, 0.29) is 12.4 Å². The van der Waals surface area contributed by atoms with E-state index in [2.05, 4.69) is 34.6 Å². The lowest BCUT2D eigenvalue weighted by atomic mass is 10.0. The van der Waals surface area contributed by atoms with E-state index in [1.54, 1.807) is 0 Å². The third-order valence-electron chi connectivity index (χ3n) is 8.47. The Hall–Kier alpha value is -0.200. The highest BCUT2D eigenvalue weighted by atomic mass is 32.2. The minimum atomic E-state index is -3.34. The van der Waals surface area contributed by atoms with Crippen LogP contribution >= 0.6 is 0 Å². The second kappa shape index (κ2) is 30.8. The monoisotopic (exact) mass is 581 g/mol. The summed E-state index contributed by atoms with van der Waals surface area (Å²) in [5.41, 5.74) is 0. The fraction of sp³-hybridized carbons (Fsp3) is 1.00. The average Bonchev–Trinajstić information content (AvgIpc) is 2.94. The van der Waals surface area contributed by atoms with E-state index in [0.717, 1.165) is 51.4 Å². The zero-order chi connectivity index (χ0) is 29.5. The lowest BCUT2D eigenvalue weighted by Crippen LogP contribution is -2.47. The number of alkyl halides is 1. The van der Waals surface area contributed by atoms with Gasteiger partial charge in [0.1, 0.15) is 0 Å². The second-order valence-electron chi connectivity index (χ2n) is 11.5. The molecule has 0 aromatic heterocycles. The van der Waals surface area contributed by atoms with Crippen LogP contribution in [0.3, 0.4) is 0 Å². The van der Waals surface area contributed by atoms with Crippen LogP contribution in [0.4, 0.5) is 4.39 Å². The quantitative estimate of drug-likeness (QED) is 0.0502. The SMILES string of the molecule is CCCCCCCCCCCCCCCOS(=O)(=O)CCCCCCCCCCF.CC[N+](CC)(CC)CC. The zero-order valence-electron chi connectivity index (χ0n) is 27.3. The van der Waals surface area contributed by atoms with E-state index in [9.17, 15) is 12.8 Å². The van der Waals surface area contributed by atoms with Crippen LogP contribution in [0.2, 0.25) is 0 Å². The van der Waals surface area contributed by atoms with E-state index < -0.39 is 10.1 Å². The molecule has 0 atom stereocenters. The minimum absolute atomic E-state index is 0.146. The number of unbranched alkanes of at least 4 members (excludes halogenated alkanes) is 19. The molecule has 0 saturated carbocycles. The summed E-state index contributed by atoms with van der Waals surface area (Å²) < 4.78 is 42.2. The summed E-state index contributed by atoms with van der Waals surface area (Å²) in [6.07, 6.45) is 24.3. The van der Waals surface area contributed by atoms with Crippen molar-refractivity contribution in [1.29, 1.82) is 0 Å². The number of hydrogen-bond donors (Lipinski definition) is 0. The first-order valence-electron chi connectivity index (χ1n) is 17.1. The maximum atomic E-state index is 12.0. The van der Waals surface area contributed by atoms with Crippen molar-refractivity contribution in [3.63, 3.8) is 0 Å². The van der Waals surface area contributed by atoms with Crippen molar-refractivity contribution < 1.29 is 21.5 Å². The molecule has 0 spiro atoms. The topological polar surface area (TPSA) is 43.4 Å². The smallest absolute Gasteiger partial charge is 0.267 e. The lowest BCUT2D eigenvalue weighted by Gasteiger charge is -2.34. The molecule has 0 radical (unpaired) electrons. The van der Waals surface area contributed by atoms with Crippen molar-refractivity contribution in [1.82, 2.24) is 0 Å². The van der Waals surface area contributed by atoms with Crippen LogP contribution in [0.5, 0.6) is 0 Å². The molecular formula is C33H71FNO3S+. The molecule has 4 nitrogen and oxygen atoms in total. The molecular weight excluding hydrogens is 509 g/mol. The van der Waals surface area contributed by atoms with Gasteiger partial charge in [0.25, 0.3) is 10.1 Å². The number of halogens is 1. The van der Waals surface area contributed by atoms with Crippen LogP contribution in [0.15, 0.2) is 0 Å². The van der Waals surface area contributed by atoms with E-state index in [4.69, 9.17) is 4.18 Å².